The van der Waals surface area contributed by atoms with Crippen LogP contribution in [0.5, 0.6) is 0 Å². The Bertz CT molecular complexity index is 549. The molecule has 0 bridgehead atoms. The van der Waals surface area contributed by atoms with Gasteiger partial charge < -0.3 is 10.5 Å². The largest absolute Gasteiger partial charge is 0.399 e. The molecular weight excluding hydrogens is 288 g/mol. The number of ether oxygens (including phenoxy) is 1. The average Bonchev–Trinajstić information content (AvgIpc) is 2.47. The lowest BCUT2D eigenvalue weighted by Crippen LogP contribution is -2.44. The predicted molar refractivity (Wildman–Crippen MR) is 84.3 cm³/mol. The lowest BCUT2D eigenvalue weighted by molar-refractivity contribution is 0.0968. The Balaban J connectivity index is 2.19. The first-order valence-electron chi connectivity index (χ1n) is 7.34. The fourth-order valence-electron chi connectivity index (χ4n) is 2.53. The molecule has 1 saturated heterocycles. The van der Waals surface area contributed by atoms with Crippen LogP contribution in [-0.4, -0.2) is 37.2 Å². The molecule has 1 aromatic rings. The van der Waals surface area contributed by atoms with Gasteiger partial charge in [0.2, 0.25) is 10.0 Å². The van der Waals surface area contributed by atoms with E-state index >= 15 is 0 Å². The summed E-state index contributed by atoms with van der Waals surface area (Å²) in [5, 5.41) is -0.331. The van der Waals surface area contributed by atoms with Crippen molar-refractivity contribution >= 4 is 15.7 Å². The van der Waals surface area contributed by atoms with Gasteiger partial charge in [-0.15, -0.1) is 0 Å². The molecule has 0 saturated carbocycles. The Morgan fingerprint density at radius 1 is 1.24 bits per heavy atom. The highest BCUT2D eigenvalue weighted by Crippen LogP contribution is 2.23. The minimum atomic E-state index is -3.31. The highest BCUT2D eigenvalue weighted by atomic mass is 32.2. The van der Waals surface area contributed by atoms with Crippen LogP contribution in [-0.2, 0) is 21.3 Å². The quantitative estimate of drug-likeness (QED) is 0.844. The molecule has 118 valence electrons. The highest BCUT2D eigenvalue weighted by Gasteiger charge is 2.34. The number of hydrogen-bond donors (Lipinski definition) is 1. The predicted octanol–water partition coefficient (Wildman–Crippen LogP) is 1.99. The Labute approximate surface area is 127 Å². The van der Waals surface area contributed by atoms with Gasteiger partial charge in [-0.3, -0.25) is 0 Å². The molecule has 5 nitrogen and oxygen atoms in total. The fourth-order valence-corrected chi connectivity index (χ4v) is 4.62. The van der Waals surface area contributed by atoms with Gasteiger partial charge in [0, 0.05) is 31.5 Å². The number of hydrogen-bond acceptors (Lipinski definition) is 4. The Morgan fingerprint density at radius 3 is 2.33 bits per heavy atom. The van der Waals surface area contributed by atoms with Crippen LogP contribution in [0.3, 0.4) is 0 Å². The van der Waals surface area contributed by atoms with E-state index in [9.17, 15) is 8.42 Å². The van der Waals surface area contributed by atoms with Crippen molar-refractivity contribution < 1.29 is 13.2 Å². The van der Waals surface area contributed by atoms with Crippen LogP contribution in [0.4, 0.5) is 5.69 Å². The number of benzene rings is 1. The maximum atomic E-state index is 12.8. The standard InChI is InChI=1S/C15H24N2O3S/c1-12(2)17(11-13-3-5-14(16)6-4-13)21(18,19)15-7-9-20-10-8-15/h3-6,12,15H,7-11,16H2,1-2H3. The van der Waals surface area contributed by atoms with E-state index in [-0.39, 0.29) is 11.3 Å². The van der Waals surface area contributed by atoms with E-state index in [4.69, 9.17) is 10.5 Å². The Morgan fingerprint density at radius 2 is 1.81 bits per heavy atom. The number of nitrogens with zero attached hydrogens (tertiary/aromatic N) is 1. The molecule has 21 heavy (non-hydrogen) atoms. The molecule has 0 spiro atoms. The number of nitrogens with two attached hydrogens (primary N) is 1. The van der Waals surface area contributed by atoms with E-state index < -0.39 is 10.0 Å². The maximum absolute atomic E-state index is 12.8. The van der Waals surface area contributed by atoms with Crippen molar-refractivity contribution in [3.8, 4) is 0 Å². The van der Waals surface area contributed by atoms with Crippen molar-refractivity contribution in [1.29, 1.82) is 0 Å². The second-order valence-electron chi connectivity index (χ2n) is 5.74. The van der Waals surface area contributed by atoms with Crippen LogP contribution in [0.15, 0.2) is 24.3 Å². The number of sulfonamides is 1. The summed E-state index contributed by atoms with van der Waals surface area (Å²) >= 11 is 0. The number of rotatable bonds is 5. The Kier molecular flexibility index (Phi) is 5.24. The van der Waals surface area contributed by atoms with Gasteiger partial charge in [0.1, 0.15) is 0 Å². The summed E-state index contributed by atoms with van der Waals surface area (Å²) in [6.07, 6.45) is 1.15. The van der Waals surface area contributed by atoms with Crippen LogP contribution >= 0.6 is 0 Å². The first kappa shape index (κ1) is 16.3. The molecule has 1 fully saturated rings. The molecule has 2 rings (SSSR count). The second kappa shape index (κ2) is 6.77. The zero-order valence-electron chi connectivity index (χ0n) is 12.7. The molecular formula is C15H24N2O3S. The second-order valence-corrected chi connectivity index (χ2v) is 7.90. The zero-order valence-corrected chi connectivity index (χ0v) is 13.5. The van der Waals surface area contributed by atoms with Crippen molar-refractivity contribution in [2.75, 3.05) is 18.9 Å². The summed E-state index contributed by atoms with van der Waals surface area (Å²) < 4.78 is 32.5. The fraction of sp³-hybridized carbons (Fsp3) is 0.600. The van der Waals surface area contributed by atoms with Gasteiger partial charge in [-0.1, -0.05) is 12.1 Å². The number of anilines is 1. The molecule has 0 amide bonds. The summed E-state index contributed by atoms with van der Waals surface area (Å²) in [5.74, 6) is 0. The topological polar surface area (TPSA) is 72.6 Å². The molecule has 0 aromatic heterocycles. The van der Waals surface area contributed by atoms with Gasteiger partial charge in [-0.25, -0.2) is 8.42 Å². The maximum Gasteiger partial charge on any atom is 0.217 e. The van der Waals surface area contributed by atoms with Crippen molar-refractivity contribution in [1.82, 2.24) is 4.31 Å². The SMILES string of the molecule is CC(C)N(Cc1ccc(N)cc1)S(=O)(=O)C1CCOCC1. The van der Waals surface area contributed by atoms with E-state index in [1.807, 2.05) is 26.0 Å². The molecule has 1 heterocycles. The molecule has 0 unspecified atom stereocenters. The molecule has 0 atom stereocenters. The lowest BCUT2D eigenvalue weighted by Gasteiger charge is -2.32. The van der Waals surface area contributed by atoms with E-state index in [1.54, 1.807) is 16.4 Å². The van der Waals surface area contributed by atoms with Crippen molar-refractivity contribution in [3.05, 3.63) is 29.8 Å². The summed E-state index contributed by atoms with van der Waals surface area (Å²) in [6, 6.07) is 7.29. The van der Waals surface area contributed by atoms with Gasteiger partial charge >= 0.3 is 0 Å². The summed E-state index contributed by atoms with van der Waals surface area (Å²) in [5.41, 5.74) is 7.31. The van der Waals surface area contributed by atoms with Gasteiger partial charge in [-0.2, -0.15) is 4.31 Å². The van der Waals surface area contributed by atoms with Crippen molar-refractivity contribution in [2.45, 2.75) is 44.5 Å². The average molecular weight is 312 g/mol. The summed E-state index contributed by atoms with van der Waals surface area (Å²) in [4.78, 5) is 0. The van der Waals surface area contributed by atoms with E-state index in [0.29, 0.717) is 38.3 Å². The molecule has 1 aliphatic heterocycles. The summed E-state index contributed by atoms with van der Waals surface area (Å²) in [7, 11) is -3.31. The van der Waals surface area contributed by atoms with Crippen LogP contribution in [0.2, 0.25) is 0 Å². The first-order chi connectivity index (χ1) is 9.91. The van der Waals surface area contributed by atoms with E-state index in [1.165, 1.54) is 0 Å². The minimum Gasteiger partial charge on any atom is -0.399 e. The first-order valence-corrected chi connectivity index (χ1v) is 8.84. The summed E-state index contributed by atoms with van der Waals surface area (Å²) in [6.45, 7) is 5.26. The normalized spacial score (nSPS) is 17.5. The van der Waals surface area contributed by atoms with E-state index in [2.05, 4.69) is 0 Å². The molecule has 2 N–H and O–H groups in total. The molecule has 0 aliphatic carbocycles. The monoisotopic (exact) mass is 312 g/mol. The minimum absolute atomic E-state index is 0.0737. The van der Waals surface area contributed by atoms with Crippen LogP contribution < -0.4 is 5.73 Å². The zero-order chi connectivity index (χ0) is 15.5. The molecule has 6 heteroatoms. The van der Waals surface area contributed by atoms with Crippen LogP contribution in [0.1, 0.15) is 32.3 Å². The van der Waals surface area contributed by atoms with Crippen molar-refractivity contribution in [2.24, 2.45) is 0 Å². The smallest absolute Gasteiger partial charge is 0.217 e. The van der Waals surface area contributed by atoms with Crippen LogP contribution in [0.25, 0.3) is 0 Å². The highest BCUT2D eigenvalue weighted by molar-refractivity contribution is 7.89. The lowest BCUT2D eigenvalue weighted by atomic mass is 10.2. The van der Waals surface area contributed by atoms with Gasteiger partial charge in [0.15, 0.2) is 0 Å². The van der Waals surface area contributed by atoms with Gasteiger partial charge in [0.05, 0.1) is 5.25 Å². The van der Waals surface area contributed by atoms with Crippen LogP contribution in [0, 0.1) is 0 Å². The van der Waals surface area contributed by atoms with Gasteiger partial charge in [0.25, 0.3) is 0 Å². The van der Waals surface area contributed by atoms with E-state index in [0.717, 1.165) is 5.56 Å². The third-order valence-corrected chi connectivity index (χ3v) is 6.33. The third-order valence-electron chi connectivity index (χ3n) is 3.81. The van der Waals surface area contributed by atoms with Gasteiger partial charge in [-0.05, 0) is 44.4 Å². The molecule has 1 aromatic carbocycles. The Hall–Kier alpha value is -1.11. The number of nitrogen functional groups attached to an aromatic ring is 1. The third kappa shape index (κ3) is 3.96. The van der Waals surface area contributed by atoms with Crippen molar-refractivity contribution in [3.63, 3.8) is 0 Å². The molecule has 0 radical (unpaired) electrons. The molecule has 1 aliphatic rings.